The molecule has 0 atom stereocenters. The van der Waals surface area contributed by atoms with E-state index in [4.69, 9.17) is 21.1 Å². The first-order chi connectivity index (χ1) is 20.3. The van der Waals surface area contributed by atoms with Gasteiger partial charge < -0.3 is 30.3 Å². The number of halogens is 2. The van der Waals surface area contributed by atoms with E-state index in [-0.39, 0.29) is 32.0 Å². The molecule has 0 spiro atoms. The van der Waals surface area contributed by atoms with E-state index in [0.717, 1.165) is 63.4 Å². The smallest absolute Gasteiger partial charge is 0.407 e. The van der Waals surface area contributed by atoms with Gasteiger partial charge in [-0.1, -0.05) is 19.0 Å². The van der Waals surface area contributed by atoms with E-state index in [0.29, 0.717) is 18.4 Å². The molecule has 0 aliphatic carbocycles. The number of hydrogen-bond acceptors (Lipinski definition) is 8. The van der Waals surface area contributed by atoms with Crippen molar-refractivity contribution in [2.24, 2.45) is 11.8 Å². The molecule has 2 aliphatic rings. The third kappa shape index (κ3) is 20.8. The molecule has 0 radical (unpaired) electrons. The predicted octanol–water partition coefficient (Wildman–Crippen LogP) is 7.13. The van der Waals surface area contributed by atoms with Crippen LogP contribution in [-0.2, 0) is 9.47 Å². The van der Waals surface area contributed by atoms with E-state index in [1.54, 1.807) is 24.5 Å². The van der Waals surface area contributed by atoms with Crippen molar-refractivity contribution >= 4 is 41.9 Å². The maximum atomic E-state index is 11.6. The summed E-state index contributed by atoms with van der Waals surface area (Å²) in [6.45, 7) is 16.8. The minimum Gasteiger partial charge on any atom is -0.444 e. The van der Waals surface area contributed by atoms with E-state index in [1.165, 1.54) is 5.69 Å². The lowest BCUT2D eigenvalue weighted by atomic mass is 9.96. The fourth-order valence-electron chi connectivity index (χ4n) is 4.45. The Kier molecular flexibility index (Phi) is 20.5. The number of amides is 2. The second kappa shape index (κ2) is 21.8. The SMILES string of the molecule is C.CC(C)(C)OC(=O)NCC1CCN(c2ccncc2)CC1.CC(C)(C)OC(=O)NCC1CCNCC1.Cl.Clc1ccncc1. The number of ether oxygens (including phenoxy) is 2. The molecular formula is C33H56Cl2N6O4. The number of pyridine rings is 2. The zero-order valence-electron chi connectivity index (χ0n) is 27.1. The molecule has 2 aliphatic heterocycles. The van der Waals surface area contributed by atoms with Crippen LogP contribution in [0, 0.1) is 11.8 Å². The van der Waals surface area contributed by atoms with Gasteiger partial charge in [0, 0.05) is 61.7 Å². The summed E-state index contributed by atoms with van der Waals surface area (Å²) in [5, 5.41) is 9.72. The highest BCUT2D eigenvalue weighted by molar-refractivity contribution is 6.30. The van der Waals surface area contributed by atoms with Crippen molar-refractivity contribution in [1.29, 1.82) is 0 Å². The summed E-state index contributed by atoms with van der Waals surface area (Å²) >= 11 is 5.50. The number of nitrogens with zero attached hydrogens (tertiary/aromatic N) is 3. The van der Waals surface area contributed by atoms with Crippen molar-refractivity contribution in [2.45, 2.75) is 85.9 Å². The largest absolute Gasteiger partial charge is 0.444 e. The molecule has 10 nitrogen and oxygen atoms in total. The van der Waals surface area contributed by atoms with Gasteiger partial charge in [-0.25, -0.2) is 9.59 Å². The zero-order valence-corrected chi connectivity index (χ0v) is 28.7. The number of carbonyl (C=O) groups excluding carboxylic acids is 2. The molecule has 0 bridgehead atoms. The van der Waals surface area contributed by atoms with Crippen molar-refractivity contribution in [1.82, 2.24) is 25.9 Å². The van der Waals surface area contributed by atoms with E-state index in [1.807, 2.05) is 66.1 Å². The van der Waals surface area contributed by atoms with Gasteiger partial charge in [0.2, 0.25) is 0 Å². The van der Waals surface area contributed by atoms with Gasteiger partial charge >= 0.3 is 12.2 Å². The van der Waals surface area contributed by atoms with Crippen molar-refractivity contribution in [2.75, 3.05) is 44.2 Å². The molecule has 12 heteroatoms. The van der Waals surface area contributed by atoms with Crippen LogP contribution in [0.4, 0.5) is 15.3 Å². The van der Waals surface area contributed by atoms with Crippen LogP contribution in [-0.4, -0.2) is 72.6 Å². The van der Waals surface area contributed by atoms with Gasteiger partial charge in [0.1, 0.15) is 11.2 Å². The van der Waals surface area contributed by atoms with E-state index in [2.05, 4.69) is 30.8 Å². The fraction of sp³-hybridized carbons (Fsp3) is 0.636. The van der Waals surface area contributed by atoms with Gasteiger partial charge in [0.25, 0.3) is 0 Å². The molecule has 2 fully saturated rings. The number of alkyl carbamates (subject to hydrolysis) is 2. The van der Waals surface area contributed by atoms with Crippen molar-refractivity contribution in [3.63, 3.8) is 0 Å². The van der Waals surface area contributed by atoms with Crippen LogP contribution < -0.4 is 20.9 Å². The Bertz CT molecular complexity index is 1050. The van der Waals surface area contributed by atoms with Crippen molar-refractivity contribution in [3.8, 4) is 0 Å². The van der Waals surface area contributed by atoms with Gasteiger partial charge in [0.15, 0.2) is 0 Å². The highest BCUT2D eigenvalue weighted by Crippen LogP contribution is 2.22. The van der Waals surface area contributed by atoms with Crippen LogP contribution in [0.25, 0.3) is 0 Å². The normalized spacial score (nSPS) is 15.3. The molecule has 0 saturated carbocycles. The highest BCUT2D eigenvalue weighted by atomic mass is 35.5. The third-order valence-corrected chi connectivity index (χ3v) is 6.86. The molecule has 4 rings (SSSR count). The molecule has 2 aromatic rings. The van der Waals surface area contributed by atoms with Crippen LogP contribution >= 0.6 is 24.0 Å². The number of aromatic nitrogens is 2. The van der Waals surface area contributed by atoms with Gasteiger partial charge in [-0.2, -0.15) is 0 Å². The van der Waals surface area contributed by atoms with Gasteiger partial charge in [-0.05, 0) is 116 Å². The first-order valence-corrected chi connectivity index (χ1v) is 15.5. The van der Waals surface area contributed by atoms with E-state index in [9.17, 15) is 9.59 Å². The Morgan fingerprint density at radius 3 is 1.58 bits per heavy atom. The average molecular weight is 672 g/mol. The topological polar surface area (TPSA) is 118 Å². The summed E-state index contributed by atoms with van der Waals surface area (Å²) in [5.41, 5.74) is 0.385. The first kappa shape index (κ1) is 42.2. The highest BCUT2D eigenvalue weighted by Gasteiger charge is 2.22. The lowest BCUT2D eigenvalue weighted by Crippen LogP contribution is -2.40. The van der Waals surface area contributed by atoms with Crippen LogP contribution in [0.5, 0.6) is 0 Å². The summed E-state index contributed by atoms with van der Waals surface area (Å²) in [7, 11) is 0. The number of piperidine rings is 2. The minimum atomic E-state index is -0.436. The van der Waals surface area contributed by atoms with Crippen molar-refractivity contribution in [3.05, 3.63) is 54.1 Å². The van der Waals surface area contributed by atoms with Gasteiger partial charge in [-0.15, -0.1) is 12.4 Å². The lowest BCUT2D eigenvalue weighted by Gasteiger charge is -2.33. The average Bonchev–Trinajstić information content (AvgIpc) is 2.96. The van der Waals surface area contributed by atoms with Crippen LogP contribution in [0.15, 0.2) is 49.1 Å². The molecule has 45 heavy (non-hydrogen) atoms. The maximum Gasteiger partial charge on any atom is 0.407 e. The Balaban J connectivity index is 0.000000704. The second-order valence-electron chi connectivity index (χ2n) is 12.8. The minimum absolute atomic E-state index is 0. The molecule has 0 aromatic carbocycles. The molecule has 2 amide bonds. The maximum absolute atomic E-state index is 11.6. The molecule has 2 saturated heterocycles. The summed E-state index contributed by atoms with van der Waals surface area (Å²) in [6, 6.07) is 7.56. The Labute approximate surface area is 282 Å². The Morgan fingerprint density at radius 1 is 0.800 bits per heavy atom. The number of nitrogens with one attached hydrogen (secondary N) is 3. The van der Waals surface area contributed by atoms with E-state index >= 15 is 0 Å². The Morgan fingerprint density at radius 2 is 1.20 bits per heavy atom. The fourth-order valence-corrected chi connectivity index (χ4v) is 4.57. The second-order valence-corrected chi connectivity index (χ2v) is 13.2. The zero-order chi connectivity index (χ0) is 31.7. The van der Waals surface area contributed by atoms with Crippen LogP contribution in [0.1, 0.15) is 74.7 Å². The van der Waals surface area contributed by atoms with Crippen molar-refractivity contribution < 1.29 is 19.1 Å². The van der Waals surface area contributed by atoms with E-state index < -0.39 is 11.2 Å². The standard InChI is InChI=1S/C16H25N3O2.C11H22N2O2.C5H4ClN.CH4.ClH/c1-16(2,3)21-15(20)18-12-13-6-10-19(11-7-13)14-4-8-17-9-5-14;1-11(2,3)15-10(14)13-8-9-4-6-12-7-5-9;6-5-1-3-7-4-2-5;;/h4-5,8-9,13H,6-7,10-12H2,1-3H3,(H,18,20);9,12H,4-8H2,1-3H3,(H,13,14);1-4H;1H4;1H. The quantitative estimate of drug-likeness (QED) is 0.308. The van der Waals surface area contributed by atoms with Crippen LogP contribution in [0.3, 0.4) is 0 Å². The number of hydrogen-bond donors (Lipinski definition) is 3. The van der Waals surface area contributed by atoms with Gasteiger partial charge in [-0.3, -0.25) is 9.97 Å². The monoisotopic (exact) mass is 670 g/mol. The molecule has 2 aromatic heterocycles. The molecule has 256 valence electrons. The third-order valence-electron chi connectivity index (χ3n) is 6.61. The van der Waals surface area contributed by atoms with Gasteiger partial charge in [0.05, 0.1) is 0 Å². The number of rotatable bonds is 5. The summed E-state index contributed by atoms with van der Waals surface area (Å²) < 4.78 is 10.4. The number of carbonyl (C=O) groups is 2. The van der Waals surface area contributed by atoms with Crippen LogP contribution in [0.2, 0.25) is 5.02 Å². The lowest BCUT2D eigenvalue weighted by molar-refractivity contribution is 0.0505. The first-order valence-electron chi connectivity index (χ1n) is 15.2. The Hall–Kier alpha value is -2.82. The molecular weight excluding hydrogens is 615 g/mol. The summed E-state index contributed by atoms with van der Waals surface area (Å²) in [5.74, 6) is 1.12. The number of anilines is 1. The summed E-state index contributed by atoms with van der Waals surface area (Å²) in [6.07, 6.45) is 10.8. The molecule has 4 heterocycles. The summed E-state index contributed by atoms with van der Waals surface area (Å²) in [4.78, 5) is 33.2. The molecule has 0 unspecified atom stereocenters. The molecule has 3 N–H and O–H groups in total. The predicted molar refractivity (Wildman–Crippen MR) is 186 cm³/mol.